The minimum absolute atomic E-state index is 0.146. The Labute approximate surface area is 186 Å². The lowest BCUT2D eigenvalue weighted by molar-refractivity contribution is -0.203. The summed E-state index contributed by atoms with van der Waals surface area (Å²) in [5, 5.41) is 22.2. The first-order chi connectivity index (χ1) is 14.1. The average molecular weight is 419 g/mol. The van der Waals surface area contributed by atoms with Crippen molar-refractivity contribution >= 4 is 0 Å². The van der Waals surface area contributed by atoms with E-state index >= 15 is 0 Å². The fourth-order valence-electron chi connectivity index (χ4n) is 9.73. The highest BCUT2D eigenvalue weighted by atomic mass is 16.3. The first-order valence-corrected chi connectivity index (χ1v) is 13.5. The van der Waals surface area contributed by atoms with Gasteiger partial charge in [-0.15, -0.1) is 0 Å². The van der Waals surface area contributed by atoms with Crippen LogP contribution in [0.1, 0.15) is 106 Å². The lowest BCUT2D eigenvalue weighted by Crippen LogP contribution is -2.62. The smallest absolute Gasteiger partial charge is 0.0605 e. The van der Waals surface area contributed by atoms with Gasteiger partial charge in [-0.3, -0.25) is 0 Å². The molecule has 0 spiro atoms. The molecular formula is C28H50O2. The van der Waals surface area contributed by atoms with Crippen LogP contribution in [0.2, 0.25) is 0 Å². The summed E-state index contributed by atoms with van der Waals surface area (Å²) in [7, 11) is 0. The van der Waals surface area contributed by atoms with Crippen molar-refractivity contribution in [1.82, 2.24) is 0 Å². The molecule has 4 aliphatic rings. The van der Waals surface area contributed by atoms with E-state index in [-0.39, 0.29) is 12.2 Å². The number of hydrogen-bond acceptors (Lipinski definition) is 2. The number of hydrogen-bond donors (Lipinski definition) is 2. The van der Waals surface area contributed by atoms with E-state index in [0.717, 1.165) is 37.0 Å². The van der Waals surface area contributed by atoms with Crippen molar-refractivity contribution in [3.05, 3.63) is 0 Å². The summed E-state index contributed by atoms with van der Waals surface area (Å²) in [4.78, 5) is 0. The molecule has 4 rings (SSSR count). The van der Waals surface area contributed by atoms with Gasteiger partial charge in [0.25, 0.3) is 0 Å². The normalized spacial score (nSPS) is 51.9. The Morgan fingerprint density at radius 2 is 1.50 bits per heavy atom. The van der Waals surface area contributed by atoms with Gasteiger partial charge in [-0.1, -0.05) is 60.8 Å². The number of rotatable bonds is 5. The molecule has 2 N–H and O–H groups in total. The Kier molecular flexibility index (Phi) is 6.44. The third kappa shape index (κ3) is 3.51. The molecular weight excluding hydrogens is 368 g/mol. The van der Waals surface area contributed by atoms with E-state index in [1.165, 1.54) is 44.9 Å². The van der Waals surface area contributed by atoms with Gasteiger partial charge in [-0.25, -0.2) is 0 Å². The molecule has 0 bridgehead atoms. The first kappa shape index (κ1) is 23.1. The maximum absolute atomic E-state index is 11.8. The summed E-state index contributed by atoms with van der Waals surface area (Å²) in [6, 6.07) is 0. The van der Waals surface area contributed by atoms with Gasteiger partial charge in [0.1, 0.15) is 0 Å². The molecule has 0 amide bonds. The molecule has 2 heteroatoms. The highest BCUT2D eigenvalue weighted by Crippen LogP contribution is 2.69. The average Bonchev–Trinajstić information content (AvgIpc) is 3.05. The predicted molar refractivity (Wildman–Crippen MR) is 125 cm³/mol. The molecule has 4 saturated carbocycles. The molecule has 2 nitrogen and oxygen atoms in total. The highest BCUT2D eigenvalue weighted by Gasteiger charge is 2.64. The topological polar surface area (TPSA) is 40.5 Å². The Morgan fingerprint density at radius 3 is 2.17 bits per heavy atom. The van der Waals surface area contributed by atoms with Gasteiger partial charge in [0.15, 0.2) is 0 Å². The second-order valence-electron chi connectivity index (χ2n) is 13.1. The van der Waals surface area contributed by atoms with Crippen molar-refractivity contribution in [2.24, 2.45) is 58.2 Å². The van der Waals surface area contributed by atoms with Crippen LogP contribution >= 0.6 is 0 Å². The van der Waals surface area contributed by atoms with Crippen LogP contribution < -0.4 is 0 Å². The Morgan fingerprint density at radius 1 is 0.833 bits per heavy atom. The third-order valence-corrected chi connectivity index (χ3v) is 11.3. The van der Waals surface area contributed by atoms with Crippen molar-refractivity contribution in [1.29, 1.82) is 0 Å². The molecule has 0 saturated heterocycles. The molecule has 0 aromatic carbocycles. The summed E-state index contributed by atoms with van der Waals surface area (Å²) in [6.07, 6.45) is 11.9. The summed E-state index contributed by atoms with van der Waals surface area (Å²) in [5.41, 5.74) is 0.751. The zero-order valence-electron chi connectivity index (χ0n) is 20.7. The van der Waals surface area contributed by atoms with Crippen LogP contribution in [0.4, 0.5) is 0 Å². The van der Waals surface area contributed by atoms with Gasteiger partial charge in [0.05, 0.1) is 12.2 Å². The van der Waals surface area contributed by atoms with Crippen LogP contribution in [0.5, 0.6) is 0 Å². The summed E-state index contributed by atoms with van der Waals surface area (Å²) >= 11 is 0. The minimum Gasteiger partial charge on any atom is -0.393 e. The van der Waals surface area contributed by atoms with E-state index in [9.17, 15) is 10.2 Å². The molecule has 11 atom stereocenters. The third-order valence-electron chi connectivity index (χ3n) is 11.3. The van der Waals surface area contributed by atoms with Crippen molar-refractivity contribution < 1.29 is 10.2 Å². The fraction of sp³-hybridized carbons (Fsp3) is 1.00. The summed E-state index contributed by atoms with van der Waals surface area (Å²) in [6.45, 7) is 14.7. The molecule has 174 valence electrons. The highest BCUT2D eigenvalue weighted by molar-refractivity contribution is 5.13. The Bertz CT molecular complexity index is 601. The van der Waals surface area contributed by atoms with E-state index in [2.05, 4.69) is 41.5 Å². The first-order valence-electron chi connectivity index (χ1n) is 13.5. The van der Waals surface area contributed by atoms with E-state index < -0.39 is 0 Å². The van der Waals surface area contributed by atoms with E-state index in [4.69, 9.17) is 0 Å². The minimum atomic E-state index is -0.155. The van der Waals surface area contributed by atoms with E-state index in [0.29, 0.717) is 40.4 Å². The van der Waals surface area contributed by atoms with Gasteiger partial charge >= 0.3 is 0 Å². The van der Waals surface area contributed by atoms with Gasteiger partial charge in [0.2, 0.25) is 0 Å². The van der Waals surface area contributed by atoms with Crippen LogP contribution in [0.25, 0.3) is 0 Å². The van der Waals surface area contributed by atoms with Gasteiger partial charge in [0, 0.05) is 0 Å². The van der Waals surface area contributed by atoms with Crippen molar-refractivity contribution in [2.75, 3.05) is 0 Å². The number of aliphatic hydroxyl groups is 2. The summed E-state index contributed by atoms with van der Waals surface area (Å²) in [5.74, 6) is 5.21. The molecule has 4 fully saturated rings. The van der Waals surface area contributed by atoms with Crippen LogP contribution in [0, 0.1) is 58.2 Å². The number of fused-ring (bicyclic) bond motifs is 5. The SMILES string of the molecule is CC[C@H]1[C@@H](O)C2C3CC[C@H]([C@H](C)CCC(C)C)[C@@]3(C)CCC2[C@@]2(C)CC[C@@H](O)C[C@@H]12. The van der Waals surface area contributed by atoms with Gasteiger partial charge < -0.3 is 10.2 Å². The van der Waals surface area contributed by atoms with Crippen LogP contribution in [0.15, 0.2) is 0 Å². The molecule has 0 aromatic heterocycles. The van der Waals surface area contributed by atoms with Crippen molar-refractivity contribution in [2.45, 2.75) is 118 Å². The Balaban J connectivity index is 1.61. The predicted octanol–water partition coefficient (Wildman–Crippen LogP) is 6.69. The Hall–Kier alpha value is -0.0800. The van der Waals surface area contributed by atoms with Crippen LogP contribution in [-0.2, 0) is 0 Å². The quantitative estimate of drug-likeness (QED) is 0.522. The zero-order chi connectivity index (χ0) is 21.8. The second-order valence-corrected chi connectivity index (χ2v) is 13.1. The molecule has 0 aromatic rings. The molecule has 30 heavy (non-hydrogen) atoms. The standard InChI is InChI=1S/C28H50O2/c1-7-20-24-16-19(29)12-14-28(24,6)23-13-15-27(5)21(18(4)9-8-17(2)3)10-11-22(27)25(23)26(20)30/h17-26,29-30H,7-16H2,1-6H3/t18-,19-,20-,21-,22?,23?,24+,25?,26-,27-,28-/m1/s1. The van der Waals surface area contributed by atoms with Crippen molar-refractivity contribution in [3.8, 4) is 0 Å². The van der Waals surface area contributed by atoms with E-state index in [1.54, 1.807) is 0 Å². The molecule has 4 aliphatic carbocycles. The maximum Gasteiger partial charge on any atom is 0.0605 e. The molecule has 0 heterocycles. The number of aliphatic hydroxyl groups excluding tert-OH is 2. The summed E-state index contributed by atoms with van der Waals surface area (Å²) < 4.78 is 0. The van der Waals surface area contributed by atoms with Crippen LogP contribution in [0.3, 0.4) is 0 Å². The maximum atomic E-state index is 11.8. The largest absolute Gasteiger partial charge is 0.393 e. The van der Waals surface area contributed by atoms with Gasteiger partial charge in [-0.2, -0.15) is 0 Å². The molecule has 0 radical (unpaired) electrons. The fourth-order valence-corrected chi connectivity index (χ4v) is 9.73. The zero-order valence-corrected chi connectivity index (χ0v) is 20.7. The lowest BCUT2D eigenvalue weighted by atomic mass is 9.41. The monoisotopic (exact) mass is 418 g/mol. The van der Waals surface area contributed by atoms with Crippen LogP contribution in [-0.4, -0.2) is 22.4 Å². The molecule has 3 unspecified atom stereocenters. The lowest BCUT2D eigenvalue weighted by Gasteiger charge is -2.64. The molecule has 0 aliphatic heterocycles. The second kappa shape index (κ2) is 8.36. The van der Waals surface area contributed by atoms with Gasteiger partial charge in [-0.05, 0) is 103 Å². The van der Waals surface area contributed by atoms with Crippen molar-refractivity contribution in [3.63, 3.8) is 0 Å². The van der Waals surface area contributed by atoms with E-state index in [1.807, 2.05) is 0 Å².